The summed E-state index contributed by atoms with van der Waals surface area (Å²) in [6.45, 7) is 0.514. The molecule has 5 nitrogen and oxygen atoms in total. The van der Waals surface area contributed by atoms with Crippen molar-refractivity contribution in [2.24, 2.45) is 0 Å². The van der Waals surface area contributed by atoms with Crippen molar-refractivity contribution in [3.8, 4) is 0 Å². The van der Waals surface area contributed by atoms with E-state index < -0.39 is 16.4 Å². The first kappa shape index (κ1) is 16.9. The Kier molecular flexibility index (Phi) is 4.29. The standard InChI is InChI=1S/C18H13FN2O3S2/c19-13-4-3-11(10-14(13)21(23)24)18(22)20-7-5-15-12(6-9-26-15)17(20)16-2-1-8-25-16/h1-4,6,8-10,17H,5,7H2/t17-/m0/s1. The first-order chi connectivity index (χ1) is 12.6. The van der Waals surface area contributed by atoms with Gasteiger partial charge in [0.1, 0.15) is 0 Å². The van der Waals surface area contributed by atoms with Crippen LogP contribution in [0.3, 0.4) is 0 Å². The second-order valence-electron chi connectivity index (χ2n) is 5.89. The van der Waals surface area contributed by atoms with Crippen LogP contribution in [0.25, 0.3) is 0 Å². The molecule has 0 unspecified atom stereocenters. The molecule has 1 aliphatic heterocycles. The first-order valence-corrected chi connectivity index (χ1v) is 9.67. The van der Waals surface area contributed by atoms with Gasteiger partial charge in [0.25, 0.3) is 5.91 Å². The van der Waals surface area contributed by atoms with Gasteiger partial charge >= 0.3 is 5.69 Å². The van der Waals surface area contributed by atoms with Gasteiger partial charge in [0.2, 0.25) is 5.82 Å². The minimum absolute atomic E-state index is 0.123. The van der Waals surface area contributed by atoms with E-state index in [4.69, 9.17) is 0 Å². The number of rotatable bonds is 3. The topological polar surface area (TPSA) is 63.4 Å². The third-order valence-electron chi connectivity index (χ3n) is 4.43. The zero-order valence-electron chi connectivity index (χ0n) is 13.4. The summed E-state index contributed by atoms with van der Waals surface area (Å²) in [6.07, 6.45) is 0.740. The summed E-state index contributed by atoms with van der Waals surface area (Å²) in [5.41, 5.74) is 0.531. The van der Waals surface area contributed by atoms with Crippen molar-refractivity contribution in [3.63, 3.8) is 0 Å². The Bertz CT molecular complexity index is 984. The van der Waals surface area contributed by atoms with E-state index >= 15 is 0 Å². The quantitative estimate of drug-likeness (QED) is 0.485. The molecule has 0 aliphatic carbocycles. The van der Waals surface area contributed by atoms with Gasteiger partial charge in [-0.25, -0.2) is 0 Å². The minimum Gasteiger partial charge on any atom is -0.326 e. The molecule has 0 fully saturated rings. The van der Waals surface area contributed by atoms with Gasteiger partial charge in [-0.05, 0) is 47.0 Å². The summed E-state index contributed by atoms with van der Waals surface area (Å²) in [6, 6.07) is 9.02. The summed E-state index contributed by atoms with van der Waals surface area (Å²) in [5.74, 6) is -1.27. The molecule has 0 saturated carbocycles. The molecule has 1 aromatic carbocycles. The molecule has 0 radical (unpaired) electrons. The van der Waals surface area contributed by atoms with Gasteiger partial charge in [0.05, 0.1) is 11.0 Å². The van der Waals surface area contributed by atoms with Crippen molar-refractivity contribution >= 4 is 34.3 Å². The molecule has 1 atom stereocenters. The highest BCUT2D eigenvalue weighted by molar-refractivity contribution is 7.10. The van der Waals surface area contributed by atoms with Gasteiger partial charge in [-0.3, -0.25) is 14.9 Å². The summed E-state index contributed by atoms with van der Waals surface area (Å²) < 4.78 is 13.6. The summed E-state index contributed by atoms with van der Waals surface area (Å²) in [7, 11) is 0. The van der Waals surface area contributed by atoms with E-state index in [2.05, 4.69) is 0 Å². The second kappa shape index (κ2) is 6.62. The normalized spacial score (nSPS) is 16.3. The molecule has 8 heteroatoms. The third-order valence-corrected chi connectivity index (χ3v) is 6.35. The number of nitro benzene ring substituents is 1. The molecule has 26 heavy (non-hydrogen) atoms. The molecule has 0 spiro atoms. The van der Waals surface area contributed by atoms with Crippen molar-refractivity contribution in [1.29, 1.82) is 0 Å². The van der Waals surface area contributed by atoms with E-state index in [0.717, 1.165) is 29.0 Å². The maximum absolute atomic E-state index is 13.6. The summed E-state index contributed by atoms with van der Waals surface area (Å²) >= 11 is 3.24. The number of nitrogens with zero attached hydrogens (tertiary/aromatic N) is 2. The summed E-state index contributed by atoms with van der Waals surface area (Å²) in [5, 5.41) is 15.0. The van der Waals surface area contributed by atoms with E-state index in [-0.39, 0.29) is 17.5 Å². The molecular formula is C18H13FN2O3S2. The van der Waals surface area contributed by atoms with Crippen LogP contribution < -0.4 is 0 Å². The van der Waals surface area contributed by atoms with Gasteiger partial charge in [0, 0.05) is 27.9 Å². The monoisotopic (exact) mass is 388 g/mol. The smallest absolute Gasteiger partial charge is 0.305 e. The number of thiophene rings is 2. The van der Waals surface area contributed by atoms with Crippen molar-refractivity contribution in [2.75, 3.05) is 6.54 Å². The predicted molar refractivity (Wildman–Crippen MR) is 98.3 cm³/mol. The van der Waals surface area contributed by atoms with Crippen LogP contribution in [0.5, 0.6) is 0 Å². The van der Waals surface area contributed by atoms with Gasteiger partial charge in [-0.1, -0.05) is 6.07 Å². The molecule has 0 bridgehead atoms. The number of halogens is 1. The lowest BCUT2D eigenvalue weighted by atomic mass is 9.97. The average molecular weight is 388 g/mol. The Hall–Kier alpha value is -2.58. The molecule has 3 heterocycles. The van der Waals surface area contributed by atoms with Crippen molar-refractivity contribution in [3.05, 3.63) is 84.0 Å². The van der Waals surface area contributed by atoms with E-state index in [9.17, 15) is 19.3 Å². The van der Waals surface area contributed by atoms with Crippen molar-refractivity contribution < 1.29 is 14.1 Å². The summed E-state index contributed by atoms with van der Waals surface area (Å²) in [4.78, 5) is 27.3. The molecule has 0 saturated heterocycles. The Labute approximate surface area is 156 Å². The van der Waals surface area contributed by atoms with Crippen LogP contribution in [0.4, 0.5) is 10.1 Å². The Morgan fingerprint density at radius 3 is 2.81 bits per heavy atom. The van der Waals surface area contributed by atoms with Crippen LogP contribution in [-0.2, 0) is 6.42 Å². The van der Waals surface area contributed by atoms with E-state index in [1.807, 2.05) is 29.0 Å². The Balaban J connectivity index is 1.76. The number of carbonyl (C=O) groups is 1. The van der Waals surface area contributed by atoms with Gasteiger partial charge in [-0.2, -0.15) is 4.39 Å². The largest absolute Gasteiger partial charge is 0.326 e. The number of fused-ring (bicyclic) bond motifs is 1. The lowest BCUT2D eigenvalue weighted by molar-refractivity contribution is -0.387. The van der Waals surface area contributed by atoms with Crippen LogP contribution in [0, 0.1) is 15.9 Å². The van der Waals surface area contributed by atoms with Gasteiger partial charge < -0.3 is 4.90 Å². The van der Waals surface area contributed by atoms with Crippen LogP contribution >= 0.6 is 22.7 Å². The number of nitro groups is 1. The molecule has 3 aromatic rings. The molecule has 132 valence electrons. The van der Waals surface area contributed by atoms with Crippen LogP contribution in [-0.4, -0.2) is 22.3 Å². The second-order valence-corrected chi connectivity index (χ2v) is 7.87. The molecule has 4 rings (SSSR count). The number of hydrogen-bond donors (Lipinski definition) is 0. The highest BCUT2D eigenvalue weighted by atomic mass is 32.1. The number of amides is 1. The highest BCUT2D eigenvalue weighted by Gasteiger charge is 2.34. The Morgan fingerprint density at radius 1 is 1.23 bits per heavy atom. The number of hydrogen-bond acceptors (Lipinski definition) is 5. The Morgan fingerprint density at radius 2 is 2.08 bits per heavy atom. The fourth-order valence-electron chi connectivity index (χ4n) is 3.24. The number of carbonyl (C=O) groups excluding carboxylic acids is 1. The highest BCUT2D eigenvalue weighted by Crippen LogP contribution is 2.40. The molecule has 1 amide bonds. The maximum Gasteiger partial charge on any atom is 0.305 e. The van der Waals surface area contributed by atoms with E-state index in [1.54, 1.807) is 27.6 Å². The number of benzene rings is 1. The van der Waals surface area contributed by atoms with Crippen molar-refractivity contribution in [2.45, 2.75) is 12.5 Å². The van der Waals surface area contributed by atoms with Gasteiger partial charge in [0.15, 0.2) is 0 Å². The third kappa shape index (κ3) is 2.81. The lowest BCUT2D eigenvalue weighted by Crippen LogP contribution is -2.39. The zero-order chi connectivity index (χ0) is 18.3. The van der Waals surface area contributed by atoms with Crippen molar-refractivity contribution in [1.82, 2.24) is 4.90 Å². The maximum atomic E-state index is 13.6. The fourth-order valence-corrected chi connectivity index (χ4v) is 5.00. The molecule has 0 N–H and O–H groups in total. The molecular weight excluding hydrogens is 375 g/mol. The SMILES string of the molecule is O=C(c1ccc(F)c([N+](=O)[O-])c1)N1CCc2sccc2[C@H]1c1cccs1. The predicted octanol–water partition coefficient (Wildman–Crippen LogP) is 4.64. The molecule has 2 aromatic heterocycles. The fraction of sp³-hybridized carbons (Fsp3) is 0.167. The zero-order valence-corrected chi connectivity index (χ0v) is 15.1. The van der Waals surface area contributed by atoms with Crippen LogP contribution in [0.2, 0.25) is 0 Å². The van der Waals surface area contributed by atoms with Crippen LogP contribution in [0.1, 0.15) is 31.7 Å². The lowest BCUT2D eigenvalue weighted by Gasteiger charge is -2.35. The van der Waals surface area contributed by atoms with E-state index in [1.165, 1.54) is 10.9 Å². The first-order valence-electron chi connectivity index (χ1n) is 7.91. The van der Waals surface area contributed by atoms with E-state index in [0.29, 0.717) is 6.54 Å². The van der Waals surface area contributed by atoms with Gasteiger partial charge in [-0.15, -0.1) is 22.7 Å². The minimum atomic E-state index is -0.944. The molecule has 1 aliphatic rings. The average Bonchev–Trinajstić information content (AvgIpc) is 3.32. The van der Waals surface area contributed by atoms with Crippen LogP contribution in [0.15, 0.2) is 47.2 Å².